The molecular weight excluding hydrogens is 304 g/mol. The Morgan fingerprint density at radius 3 is 2.58 bits per heavy atom. The molecule has 3 N–H and O–H groups in total. The highest BCUT2D eigenvalue weighted by Crippen LogP contribution is 2.48. The molecule has 124 valence electrons. The first kappa shape index (κ1) is 14.9. The molecule has 6 nitrogen and oxygen atoms in total. The molecule has 2 aromatic rings. The zero-order chi connectivity index (χ0) is 16.7. The van der Waals surface area contributed by atoms with Crippen LogP contribution in [0.3, 0.4) is 0 Å². The number of benzene rings is 1. The van der Waals surface area contributed by atoms with Crippen LogP contribution in [0.2, 0.25) is 0 Å². The third-order valence-electron chi connectivity index (χ3n) is 5.47. The number of rotatable bonds is 4. The Labute approximate surface area is 140 Å². The van der Waals surface area contributed by atoms with E-state index >= 15 is 0 Å². The van der Waals surface area contributed by atoms with Gasteiger partial charge in [0, 0.05) is 29.7 Å². The van der Waals surface area contributed by atoms with Crippen LogP contribution in [0.5, 0.6) is 0 Å². The molecule has 2 fully saturated rings. The predicted molar refractivity (Wildman–Crippen MR) is 88.3 cm³/mol. The van der Waals surface area contributed by atoms with Crippen molar-refractivity contribution in [3.05, 3.63) is 48.5 Å². The molecule has 0 aliphatic heterocycles. The second-order valence-corrected chi connectivity index (χ2v) is 6.78. The normalized spacial score (nSPS) is 28.0. The fourth-order valence-corrected chi connectivity index (χ4v) is 4.34. The molecule has 4 atom stereocenters. The van der Waals surface area contributed by atoms with E-state index in [0.717, 1.165) is 24.9 Å². The number of primary amides is 1. The molecule has 2 saturated carbocycles. The number of nitrogens with one attached hydrogen (secondary N) is 1. The van der Waals surface area contributed by atoms with E-state index in [9.17, 15) is 9.59 Å². The largest absolute Gasteiger partial charge is 0.369 e. The van der Waals surface area contributed by atoms with E-state index in [0.29, 0.717) is 17.4 Å². The van der Waals surface area contributed by atoms with E-state index in [1.807, 2.05) is 22.9 Å². The molecule has 24 heavy (non-hydrogen) atoms. The number of nitrogens with two attached hydrogens (primary N) is 1. The van der Waals surface area contributed by atoms with Crippen molar-refractivity contribution < 1.29 is 9.59 Å². The van der Waals surface area contributed by atoms with Gasteiger partial charge in [0.05, 0.1) is 12.2 Å². The van der Waals surface area contributed by atoms with E-state index in [1.54, 1.807) is 24.7 Å². The van der Waals surface area contributed by atoms with E-state index in [4.69, 9.17) is 5.73 Å². The molecule has 2 bridgehead atoms. The van der Waals surface area contributed by atoms with Crippen molar-refractivity contribution in [2.75, 3.05) is 0 Å². The first-order valence-corrected chi connectivity index (χ1v) is 8.32. The molecule has 0 spiro atoms. The van der Waals surface area contributed by atoms with Gasteiger partial charge in [-0.25, -0.2) is 4.98 Å². The Balaban J connectivity index is 1.49. The van der Waals surface area contributed by atoms with Crippen LogP contribution in [-0.4, -0.2) is 27.4 Å². The minimum Gasteiger partial charge on any atom is -0.369 e. The van der Waals surface area contributed by atoms with Crippen LogP contribution >= 0.6 is 0 Å². The monoisotopic (exact) mass is 324 g/mol. The van der Waals surface area contributed by atoms with Crippen LogP contribution in [0.15, 0.2) is 43.0 Å². The van der Waals surface area contributed by atoms with Crippen LogP contribution < -0.4 is 11.1 Å². The van der Waals surface area contributed by atoms with Crippen molar-refractivity contribution in [3.63, 3.8) is 0 Å². The lowest BCUT2D eigenvalue weighted by molar-refractivity contribution is -0.124. The van der Waals surface area contributed by atoms with Gasteiger partial charge in [0.15, 0.2) is 0 Å². The highest BCUT2D eigenvalue weighted by Gasteiger charge is 2.50. The summed E-state index contributed by atoms with van der Waals surface area (Å²) in [6.45, 7) is 0. The average Bonchev–Trinajstić information content (AvgIpc) is 3.32. The van der Waals surface area contributed by atoms with Crippen molar-refractivity contribution in [2.24, 2.45) is 23.5 Å². The highest BCUT2D eigenvalue weighted by atomic mass is 16.2. The van der Waals surface area contributed by atoms with Gasteiger partial charge in [-0.3, -0.25) is 9.59 Å². The van der Waals surface area contributed by atoms with E-state index in [2.05, 4.69) is 10.3 Å². The molecule has 2 aliphatic rings. The number of nitrogens with zero attached hydrogens (tertiary/aromatic N) is 2. The quantitative estimate of drug-likeness (QED) is 0.893. The molecule has 1 aromatic carbocycles. The minimum absolute atomic E-state index is 0.123. The second-order valence-electron chi connectivity index (χ2n) is 6.78. The standard InChI is InChI=1S/C18H20N4O2/c19-17(23)15-12-1-2-13(9-12)16(15)21-18(24)11-3-5-14(6-4-11)22-8-7-20-10-22/h3-8,10,12-13,15-16H,1-2,9H2,(H2,19,23)(H,21,24)/t12-,13-,15+,16-/m0/s1. The summed E-state index contributed by atoms with van der Waals surface area (Å²) in [6.07, 6.45) is 8.38. The van der Waals surface area contributed by atoms with Crippen molar-refractivity contribution in [3.8, 4) is 5.69 Å². The average molecular weight is 324 g/mol. The van der Waals surface area contributed by atoms with Crippen LogP contribution in [0, 0.1) is 17.8 Å². The maximum atomic E-state index is 12.6. The molecule has 2 aliphatic carbocycles. The van der Waals surface area contributed by atoms with Crippen LogP contribution in [0.1, 0.15) is 29.6 Å². The van der Waals surface area contributed by atoms with Crippen molar-refractivity contribution in [1.82, 2.24) is 14.9 Å². The first-order chi connectivity index (χ1) is 11.6. The smallest absolute Gasteiger partial charge is 0.251 e. The topological polar surface area (TPSA) is 90.0 Å². The highest BCUT2D eigenvalue weighted by molar-refractivity contribution is 5.95. The molecule has 1 aromatic heterocycles. The Kier molecular flexibility index (Phi) is 3.59. The lowest BCUT2D eigenvalue weighted by Gasteiger charge is -2.29. The van der Waals surface area contributed by atoms with Crippen molar-refractivity contribution >= 4 is 11.8 Å². The number of amides is 2. The van der Waals surface area contributed by atoms with Gasteiger partial charge in [-0.05, 0) is 55.4 Å². The predicted octanol–water partition coefficient (Wildman–Crippen LogP) is 1.50. The van der Waals surface area contributed by atoms with Gasteiger partial charge < -0.3 is 15.6 Å². The van der Waals surface area contributed by atoms with Crippen LogP contribution in [0.4, 0.5) is 0 Å². The summed E-state index contributed by atoms with van der Waals surface area (Å²) < 4.78 is 1.88. The molecule has 0 saturated heterocycles. The number of hydrogen-bond donors (Lipinski definition) is 2. The summed E-state index contributed by atoms with van der Waals surface area (Å²) >= 11 is 0. The number of aromatic nitrogens is 2. The summed E-state index contributed by atoms with van der Waals surface area (Å²) in [7, 11) is 0. The summed E-state index contributed by atoms with van der Waals surface area (Å²) in [5.41, 5.74) is 7.10. The number of fused-ring (bicyclic) bond motifs is 2. The summed E-state index contributed by atoms with van der Waals surface area (Å²) in [4.78, 5) is 28.3. The third-order valence-corrected chi connectivity index (χ3v) is 5.47. The molecule has 4 rings (SSSR count). The number of hydrogen-bond acceptors (Lipinski definition) is 3. The Morgan fingerprint density at radius 1 is 1.17 bits per heavy atom. The maximum Gasteiger partial charge on any atom is 0.251 e. The van der Waals surface area contributed by atoms with Gasteiger partial charge in [0.2, 0.25) is 5.91 Å². The maximum absolute atomic E-state index is 12.6. The van der Waals surface area contributed by atoms with Gasteiger partial charge in [0.25, 0.3) is 5.91 Å². The molecule has 0 radical (unpaired) electrons. The zero-order valence-corrected chi connectivity index (χ0v) is 13.3. The fourth-order valence-electron chi connectivity index (χ4n) is 4.34. The Hall–Kier alpha value is -2.63. The van der Waals surface area contributed by atoms with E-state index in [1.165, 1.54) is 0 Å². The zero-order valence-electron chi connectivity index (χ0n) is 13.3. The number of carbonyl (C=O) groups is 2. The van der Waals surface area contributed by atoms with E-state index in [-0.39, 0.29) is 23.8 Å². The van der Waals surface area contributed by atoms with Crippen LogP contribution in [-0.2, 0) is 4.79 Å². The van der Waals surface area contributed by atoms with Gasteiger partial charge in [-0.15, -0.1) is 0 Å². The molecule has 1 heterocycles. The lowest BCUT2D eigenvalue weighted by Crippen LogP contribution is -2.48. The summed E-state index contributed by atoms with van der Waals surface area (Å²) in [6, 6.07) is 7.21. The minimum atomic E-state index is -0.289. The summed E-state index contributed by atoms with van der Waals surface area (Å²) in [5, 5.41) is 3.05. The molecule has 6 heteroatoms. The van der Waals surface area contributed by atoms with Gasteiger partial charge in [-0.1, -0.05) is 0 Å². The SMILES string of the molecule is NC(=O)[C@@H]1[C@H]2CC[C@@H](C2)[C@@H]1NC(=O)c1ccc(-n2ccnc2)cc1. The van der Waals surface area contributed by atoms with E-state index < -0.39 is 0 Å². The van der Waals surface area contributed by atoms with Crippen LogP contribution in [0.25, 0.3) is 5.69 Å². The van der Waals surface area contributed by atoms with Gasteiger partial charge in [0.1, 0.15) is 0 Å². The molecule has 2 amide bonds. The fraction of sp³-hybridized carbons (Fsp3) is 0.389. The molecule has 0 unspecified atom stereocenters. The molecular formula is C18H20N4O2. The van der Waals surface area contributed by atoms with Crippen molar-refractivity contribution in [2.45, 2.75) is 25.3 Å². The Morgan fingerprint density at radius 2 is 1.92 bits per heavy atom. The second kappa shape index (κ2) is 5.78. The summed E-state index contributed by atoms with van der Waals surface area (Å²) in [5.74, 6) is 0.0555. The van der Waals surface area contributed by atoms with Gasteiger partial charge >= 0.3 is 0 Å². The van der Waals surface area contributed by atoms with Crippen molar-refractivity contribution in [1.29, 1.82) is 0 Å². The first-order valence-electron chi connectivity index (χ1n) is 8.32. The lowest BCUT2D eigenvalue weighted by atomic mass is 9.84. The van der Waals surface area contributed by atoms with Gasteiger partial charge in [-0.2, -0.15) is 0 Å². The third kappa shape index (κ3) is 2.48. The number of carbonyl (C=O) groups excluding carboxylic acids is 2. The Bertz CT molecular complexity index is 754. The number of imidazole rings is 1.